The third-order valence-electron chi connectivity index (χ3n) is 0. The van der Waals surface area contributed by atoms with Gasteiger partial charge < -0.3 is 4.84 Å². The normalized spacial score (nSPS) is 4.80. The molecule has 0 aliphatic rings. The average molecular weight is 79.1 g/mol. The molecule has 0 amide bonds. The van der Waals surface area contributed by atoms with Crippen LogP contribution >= 0.6 is 0 Å². The van der Waals surface area contributed by atoms with Gasteiger partial charge in [0.15, 0.2) is 0 Å². The van der Waals surface area contributed by atoms with Crippen molar-refractivity contribution in [2.75, 3.05) is 7.11 Å². The average Bonchev–Trinajstić information content (AvgIpc) is 1.46. The maximum Gasteiger partial charge on any atom is 0.0569 e. The number of rotatable bonds is 0. The Bertz CT molecular complexity index is 6.85. The van der Waals surface area contributed by atoms with Gasteiger partial charge in [0.25, 0.3) is 0 Å². The van der Waals surface area contributed by atoms with Gasteiger partial charge in [0.2, 0.25) is 0 Å². The first-order chi connectivity index (χ1) is 2.41. The Labute approximate surface area is 30.8 Å². The second-order valence-electron chi connectivity index (χ2n) is 0.236. The lowest BCUT2D eigenvalue weighted by molar-refractivity contribution is 0.206. The van der Waals surface area contributed by atoms with Crippen LogP contribution in [-0.2, 0) is 4.84 Å². The lowest BCUT2D eigenvalue weighted by atomic mass is 11.7. The fourth-order valence-electron chi connectivity index (χ4n) is 0. The van der Waals surface area contributed by atoms with Gasteiger partial charge in [0, 0.05) is 0 Å². The van der Waals surface area contributed by atoms with Crippen molar-refractivity contribution in [1.29, 1.82) is 0 Å². The number of nitrogens with two attached hydrogens (primary N) is 3. The van der Waals surface area contributed by atoms with Gasteiger partial charge in [-0.15, -0.1) is 0 Å². The van der Waals surface area contributed by atoms with Gasteiger partial charge in [-0.25, -0.2) is 5.90 Å². The molecule has 0 bridgehead atoms. The summed E-state index contributed by atoms with van der Waals surface area (Å²) in [6.45, 7) is 0. The monoisotopic (exact) mass is 79.1 g/mol. The van der Waals surface area contributed by atoms with Crippen molar-refractivity contribution in [3.63, 3.8) is 0 Å². The van der Waals surface area contributed by atoms with E-state index >= 15 is 0 Å². The minimum absolute atomic E-state index is 1.40. The highest BCUT2D eigenvalue weighted by molar-refractivity contribution is 3.43. The Balaban J connectivity index is 0. The molecule has 4 heteroatoms. The summed E-state index contributed by atoms with van der Waals surface area (Å²) < 4.78 is 0. The van der Waals surface area contributed by atoms with Crippen molar-refractivity contribution in [2.45, 2.75) is 0 Å². The van der Waals surface area contributed by atoms with E-state index in [1.165, 1.54) is 7.11 Å². The summed E-state index contributed by atoms with van der Waals surface area (Å²) in [7, 11) is 1.40. The van der Waals surface area contributed by atoms with Crippen LogP contribution in [0.2, 0.25) is 0 Å². The standard InChI is InChI=1S/CH5NO.H4N2/c1-3-2;1-2/h2H2,1H3;1-2H2. The molecule has 0 atom stereocenters. The van der Waals surface area contributed by atoms with Crippen LogP contribution < -0.4 is 17.6 Å². The van der Waals surface area contributed by atoms with Crippen LogP contribution in [0.25, 0.3) is 0 Å². The number of hydrazine groups is 1. The van der Waals surface area contributed by atoms with Gasteiger partial charge in [-0.1, -0.05) is 0 Å². The third-order valence-corrected chi connectivity index (χ3v) is 0. The van der Waals surface area contributed by atoms with Crippen LogP contribution in [0.4, 0.5) is 0 Å². The zero-order chi connectivity index (χ0) is 4.71. The predicted octanol–water partition coefficient (Wildman–Crippen LogP) is -1.67. The second kappa shape index (κ2) is 43.9. The highest BCUT2D eigenvalue weighted by atomic mass is 16.6. The molecule has 0 aromatic heterocycles. The Morgan fingerprint density at radius 1 is 1.40 bits per heavy atom. The van der Waals surface area contributed by atoms with Crippen LogP contribution in [0.15, 0.2) is 0 Å². The van der Waals surface area contributed by atoms with Crippen LogP contribution in [0.3, 0.4) is 0 Å². The second-order valence-corrected chi connectivity index (χ2v) is 0.236. The molecule has 0 aromatic rings. The van der Waals surface area contributed by atoms with E-state index in [1.807, 2.05) is 0 Å². The zero-order valence-electron chi connectivity index (χ0n) is 3.14. The molecule has 0 aliphatic carbocycles. The van der Waals surface area contributed by atoms with E-state index in [0.717, 1.165) is 0 Å². The van der Waals surface area contributed by atoms with Crippen molar-refractivity contribution >= 4 is 0 Å². The molecule has 4 nitrogen and oxygen atoms in total. The van der Waals surface area contributed by atoms with E-state index in [2.05, 4.69) is 22.4 Å². The number of hydrogen-bond acceptors (Lipinski definition) is 4. The van der Waals surface area contributed by atoms with Gasteiger partial charge >= 0.3 is 0 Å². The molecule has 5 heavy (non-hydrogen) atoms. The lowest BCUT2D eigenvalue weighted by Crippen LogP contribution is -2.02. The maximum atomic E-state index is 4.35. The summed E-state index contributed by atoms with van der Waals surface area (Å²) in [5.74, 6) is 12.3. The Morgan fingerprint density at radius 3 is 1.40 bits per heavy atom. The van der Waals surface area contributed by atoms with Crippen LogP contribution in [-0.4, -0.2) is 7.11 Å². The molecule has 6 N–H and O–H groups in total. The first-order valence-electron chi connectivity index (χ1n) is 0.977. The lowest BCUT2D eigenvalue weighted by Gasteiger charge is -1.62. The molecular formula is CH9N3O. The fourth-order valence-corrected chi connectivity index (χ4v) is 0. The van der Waals surface area contributed by atoms with E-state index in [0.29, 0.717) is 0 Å². The van der Waals surface area contributed by atoms with E-state index in [9.17, 15) is 0 Å². The Kier molecular flexibility index (Phi) is 77.7. The summed E-state index contributed by atoms with van der Waals surface area (Å²) in [6.07, 6.45) is 0. The minimum Gasteiger partial charge on any atom is -0.308 e. The smallest absolute Gasteiger partial charge is 0.0569 e. The van der Waals surface area contributed by atoms with E-state index in [4.69, 9.17) is 0 Å². The van der Waals surface area contributed by atoms with Gasteiger partial charge in [0.1, 0.15) is 0 Å². The van der Waals surface area contributed by atoms with Gasteiger partial charge in [-0.2, -0.15) is 0 Å². The largest absolute Gasteiger partial charge is 0.308 e. The molecule has 34 valence electrons. The quantitative estimate of drug-likeness (QED) is 0.239. The van der Waals surface area contributed by atoms with Crippen molar-refractivity contribution in [1.82, 2.24) is 0 Å². The van der Waals surface area contributed by atoms with Crippen molar-refractivity contribution in [3.05, 3.63) is 0 Å². The van der Waals surface area contributed by atoms with E-state index in [-0.39, 0.29) is 0 Å². The van der Waals surface area contributed by atoms with Gasteiger partial charge in [0.05, 0.1) is 7.11 Å². The molecule has 0 aromatic carbocycles. The first kappa shape index (κ1) is 8.85. The summed E-state index contributed by atoms with van der Waals surface area (Å²) in [4.78, 5) is 3.75. The number of hydrogen-bond donors (Lipinski definition) is 3. The summed E-state index contributed by atoms with van der Waals surface area (Å²) in [5, 5.41) is 0. The van der Waals surface area contributed by atoms with Crippen molar-refractivity contribution < 1.29 is 4.84 Å². The van der Waals surface area contributed by atoms with E-state index in [1.54, 1.807) is 0 Å². The molecular weight excluding hydrogens is 70.0 g/mol. The fraction of sp³-hybridized carbons (Fsp3) is 1.00. The summed E-state index contributed by atoms with van der Waals surface area (Å²) >= 11 is 0. The van der Waals surface area contributed by atoms with Crippen LogP contribution in [0.1, 0.15) is 0 Å². The molecule has 0 saturated carbocycles. The predicted molar refractivity (Wildman–Crippen MR) is 19.6 cm³/mol. The molecule has 0 rings (SSSR count). The van der Waals surface area contributed by atoms with Crippen LogP contribution in [0.5, 0.6) is 0 Å². The highest BCUT2D eigenvalue weighted by Gasteiger charge is 1.23. The SMILES string of the molecule is CON.NN. The van der Waals surface area contributed by atoms with Crippen molar-refractivity contribution in [3.8, 4) is 0 Å². The van der Waals surface area contributed by atoms with Gasteiger partial charge in [-0.05, 0) is 0 Å². The molecule has 0 radical (unpaired) electrons. The van der Waals surface area contributed by atoms with Crippen LogP contribution in [0, 0.1) is 0 Å². The first-order valence-corrected chi connectivity index (χ1v) is 0.977. The Hall–Kier alpha value is -0.160. The Morgan fingerprint density at radius 2 is 1.40 bits per heavy atom. The van der Waals surface area contributed by atoms with E-state index < -0.39 is 0 Å². The molecule has 0 saturated heterocycles. The molecule has 0 aliphatic heterocycles. The molecule has 0 heterocycles. The zero-order valence-corrected chi connectivity index (χ0v) is 3.14. The molecule has 0 unspecified atom stereocenters. The van der Waals surface area contributed by atoms with Gasteiger partial charge in [-0.3, -0.25) is 11.7 Å². The molecule has 0 spiro atoms. The van der Waals surface area contributed by atoms with Crippen molar-refractivity contribution in [2.24, 2.45) is 17.6 Å². The molecule has 0 fully saturated rings. The third kappa shape index (κ3) is 508. The summed E-state index contributed by atoms with van der Waals surface area (Å²) in [6, 6.07) is 0. The highest BCUT2D eigenvalue weighted by Crippen LogP contribution is 1.14. The summed E-state index contributed by atoms with van der Waals surface area (Å²) in [5.41, 5.74) is 0. The maximum absolute atomic E-state index is 4.35. The topological polar surface area (TPSA) is 87.3 Å². The minimum atomic E-state index is 1.40.